The Kier molecular flexibility index (Phi) is 12.5. The number of carbonyl (C=O) groups is 2. The zero-order valence-corrected chi connectivity index (χ0v) is 28.1. The van der Waals surface area contributed by atoms with E-state index in [9.17, 15) is 28.1 Å². The average Bonchev–Trinajstić information content (AvgIpc) is 2.99. The summed E-state index contributed by atoms with van der Waals surface area (Å²) in [5.41, 5.74) is 0.0732. The van der Waals surface area contributed by atoms with Crippen LogP contribution in [0.2, 0.25) is 15.1 Å². The van der Waals surface area contributed by atoms with Crippen LogP contribution in [0, 0.1) is 17.0 Å². The Morgan fingerprint density at radius 2 is 1.73 bits per heavy atom. The van der Waals surface area contributed by atoms with E-state index in [4.69, 9.17) is 39.5 Å². The van der Waals surface area contributed by atoms with Crippen LogP contribution in [0.3, 0.4) is 0 Å². The largest absolute Gasteiger partial charge is 0.495 e. The minimum absolute atomic E-state index is 0.0587. The van der Waals surface area contributed by atoms with Gasteiger partial charge in [0.25, 0.3) is 15.7 Å². The standard InChI is InChI=1S/C30H33Cl3N4O7S/c1-5-6-14-34-30(39)20(3)35(17-23-24(32)8-7-9-25(23)33)29(38)18-36(27-15-21(31)11-13-28(27)44-4)45(42,43)22-12-10-19(2)26(16-22)37(40)41/h7-13,15-16,20H,5-6,14,17-18H2,1-4H3,(H,34,39)/t20-/m0/s1. The first-order valence-electron chi connectivity index (χ1n) is 13.8. The van der Waals surface area contributed by atoms with E-state index in [0.717, 1.165) is 16.8 Å². The molecule has 0 aliphatic rings. The molecular formula is C30H33Cl3N4O7S. The molecule has 0 radical (unpaired) electrons. The van der Waals surface area contributed by atoms with Gasteiger partial charge in [-0.25, -0.2) is 8.42 Å². The molecule has 0 saturated heterocycles. The van der Waals surface area contributed by atoms with Crippen LogP contribution < -0.4 is 14.4 Å². The molecular weight excluding hydrogens is 667 g/mol. The summed E-state index contributed by atoms with van der Waals surface area (Å²) in [6.45, 7) is 4.26. The normalized spacial score (nSPS) is 11.9. The van der Waals surface area contributed by atoms with Gasteiger partial charge < -0.3 is 15.0 Å². The summed E-state index contributed by atoms with van der Waals surface area (Å²) >= 11 is 19.1. The van der Waals surface area contributed by atoms with Crippen LogP contribution in [-0.2, 0) is 26.2 Å². The number of benzene rings is 3. The van der Waals surface area contributed by atoms with Crippen molar-refractivity contribution in [3.05, 3.63) is 90.9 Å². The van der Waals surface area contributed by atoms with Crippen LogP contribution in [-0.4, -0.2) is 56.3 Å². The van der Waals surface area contributed by atoms with E-state index < -0.39 is 49.9 Å². The molecule has 1 N–H and O–H groups in total. The Balaban J connectivity index is 2.17. The number of sulfonamides is 1. The third-order valence-electron chi connectivity index (χ3n) is 7.04. The van der Waals surface area contributed by atoms with Crippen LogP contribution in [0.4, 0.5) is 11.4 Å². The van der Waals surface area contributed by atoms with Gasteiger partial charge in [-0.1, -0.05) is 60.3 Å². The Hall–Kier alpha value is -3.58. The van der Waals surface area contributed by atoms with Gasteiger partial charge in [0.2, 0.25) is 11.8 Å². The number of nitrogens with one attached hydrogen (secondary N) is 1. The van der Waals surface area contributed by atoms with Gasteiger partial charge in [0.1, 0.15) is 18.3 Å². The topological polar surface area (TPSA) is 139 Å². The number of ether oxygens (including phenoxy) is 1. The maximum Gasteiger partial charge on any atom is 0.273 e. The zero-order valence-electron chi connectivity index (χ0n) is 25.1. The smallest absolute Gasteiger partial charge is 0.273 e. The van der Waals surface area contributed by atoms with E-state index in [1.165, 1.54) is 56.2 Å². The predicted octanol–water partition coefficient (Wildman–Crippen LogP) is 6.40. The summed E-state index contributed by atoms with van der Waals surface area (Å²) in [6.07, 6.45) is 1.55. The number of nitro groups is 1. The van der Waals surface area contributed by atoms with E-state index in [2.05, 4.69) is 5.32 Å². The van der Waals surface area contributed by atoms with Gasteiger partial charge in [-0.3, -0.25) is 24.0 Å². The Morgan fingerprint density at radius 3 is 2.33 bits per heavy atom. The summed E-state index contributed by atoms with van der Waals surface area (Å²) < 4.78 is 34.6. The first kappa shape index (κ1) is 35.9. The fourth-order valence-electron chi connectivity index (χ4n) is 4.42. The maximum absolute atomic E-state index is 14.2. The number of aryl methyl sites for hydroxylation is 1. The van der Waals surface area contributed by atoms with Crippen molar-refractivity contribution >= 4 is 68.0 Å². The lowest BCUT2D eigenvalue weighted by molar-refractivity contribution is -0.385. The summed E-state index contributed by atoms with van der Waals surface area (Å²) in [4.78, 5) is 39.1. The Labute approximate surface area is 277 Å². The molecule has 0 aliphatic heterocycles. The lowest BCUT2D eigenvalue weighted by Gasteiger charge is -2.32. The highest BCUT2D eigenvalue weighted by Crippen LogP contribution is 2.36. The molecule has 2 amide bonds. The van der Waals surface area contributed by atoms with Crippen molar-refractivity contribution < 1.29 is 27.7 Å². The number of nitrogens with zero attached hydrogens (tertiary/aromatic N) is 3. The Bertz CT molecular complexity index is 1670. The van der Waals surface area contributed by atoms with Crippen LogP contribution >= 0.6 is 34.8 Å². The molecule has 15 heteroatoms. The van der Waals surface area contributed by atoms with Gasteiger partial charge in [-0.05, 0) is 56.7 Å². The summed E-state index contributed by atoms with van der Waals surface area (Å²) in [6, 6.07) is 11.3. The molecule has 0 saturated carbocycles. The Morgan fingerprint density at radius 1 is 1.07 bits per heavy atom. The molecule has 1 atom stereocenters. The van der Waals surface area contributed by atoms with Crippen molar-refractivity contribution in [1.29, 1.82) is 0 Å². The molecule has 45 heavy (non-hydrogen) atoms. The van der Waals surface area contributed by atoms with Gasteiger partial charge in [-0.15, -0.1) is 0 Å². The number of methoxy groups -OCH3 is 1. The van der Waals surface area contributed by atoms with E-state index in [0.29, 0.717) is 18.5 Å². The number of hydrogen-bond donors (Lipinski definition) is 1. The minimum Gasteiger partial charge on any atom is -0.495 e. The highest BCUT2D eigenvalue weighted by Gasteiger charge is 2.35. The van der Waals surface area contributed by atoms with E-state index >= 15 is 0 Å². The molecule has 3 aromatic carbocycles. The minimum atomic E-state index is -4.67. The maximum atomic E-state index is 14.2. The second kappa shape index (κ2) is 15.6. The molecule has 0 aromatic heterocycles. The molecule has 3 rings (SSSR count). The molecule has 0 spiro atoms. The van der Waals surface area contributed by atoms with E-state index in [1.54, 1.807) is 18.2 Å². The highest BCUT2D eigenvalue weighted by molar-refractivity contribution is 7.92. The van der Waals surface area contributed by atoms with Gasteiger partial charge in [0.15, 0.2) is 0 Å². The number of unbranched alkanes of at least 4 members (excludes halogenated alkanes) is 1. The lowest BCUT2D eigenvalue weighted by Crippen LogP contribution is -2.51. The monoisotopic (exact) mass is 698 g/mol. The molecule has 242 valence electrons. The SMILES string of the molecule is CCCCNC(=O)[C@H](C)N(Cc1c(Cl)cccc1Cl)C(=O)CN(c1cc(Cl)ccc1OC)S(=O)(=O)c1ccc(C)c([N+](=O)[O-])c1. The fourth-order valence-corrected chi connectivity index (χ4v) is 6.54. The second-order valence-corrected chi connectivity index (χ2v) is 13.2. The second-order valence-electron chi connectivity index (χ2n) is 10.1. The van der Waals surface area contributed by atoms with Crippen molar-refractivity contribution in [1.82, 2.24) is 10.2 Å². The predicted molar refractivity (Wildman–Crippen MR) is 175 cm³/mol. The average molecular weight is 700 g/mol. The van der Waals surface area contributed by atoms with Gasteiger partial charge in [0, 0.05) is 45.4 Å². The summed E-state index contributed by atoms with van der Waals surface area (Å²) in [5, 5.41) is 15.1. The zero-order chi connectivity index (χ0) is 33.5. The fraction of sp³-hybridized carbons (Fsp3) is 0.333. The lowest BCUT2D eigenvalue weighted by atomic mass is 10.1. The van der Waals surface area contributed by atoms with Crippen LogP contribution in [0.1, 0.15) is 37.8 Å². The summed E-state index contributed by atoms with van der Waals surface area (Å²) in [7, 11) is -3.36. The molecule has 0 fully saturated rings. The molecule has 0 unspecified atom stereocenters. The number of rotatable bonds is 14. The van der Waals surface area contributed by atoms with Crippen molar-refractivity contribution in [2.75, 3.05) is 24.5 Å². The van der Waals surface area contributed by atoms with Crippen LogP contribution in [0.25, 0.3) is 0 Å². The summed E-state index contributed by atoms with van der Waals surface area (Å²) in [5.74, 6) is -1.20. The number of halogens is 3. The number of carbonyl (C=O) groups excluding carboxylic acids is 2. The van der Waals surface area contributed by atoms with Crippen molar-refractivity contribution in [2.45, 2.75) is 51.1 Å². The van der Waals surface area contributed by atoms with E-state index in [-0.39, 0.29) is 38.6 Å². The van der Waals surface area contributed by atoms with Crippen LogP contribution in [0.15, 0.2) is 59.5 Å². The van der Waals surface area contributed by atoms with Gasteiger partial charge in [0.05, 0.1) is 22.6 Å². The third-order valence-corrected chi connectivity index (χ3v) is 9.74. The molecule has 11 nitrogen and oxygen atoms in total. The van der Waals surface area contributed by atoms with Crippen LogP contribution in [0.5, 0.6) is 5.75 Å². The third kappa shape index (κ3) is 8.57. The molecule has 0 heterocycles. The van der Waals surface area contributed by atoms with Gasteiger partial charge >= 0.3 is 0 Å². The molecule has 0 aliphatic carbocycles. The first-order valence-corrected chi connectivity index (χ1v) is 16.4. The molecule has 0 bridgehead atoms. The molecule has 3 aromatic rings. The number of nitro benzene ring substituents is 1. The number of amides is 2. The first-order chi connectivity index (χ1) is 21.2. The van der Waals surface area contributed by atoms with Crippen molar-refractivity contribution in [3.63, 3.8) is 0 Å². The van der Waals surface area contributed by atoms with Crippen molar-refractivity contribution in [3.8, 4) is 5.75 Å². The number of anilines is 1. The quantitative estimate of drug-likeness (QED) is 0.117. The number of hydrogen-bond acceptors (Lipinski definition) is 7. The van der Waals surface area contributed by atoms with E-state index in [1.807, 2.05) is 6.92 Å². The van der Waals surface area contributed by atoms with Crippen molar-refractivity contribution in [2.24, 2.45) is 0 Å². The van der Waals surface area contributed by atoms with Gasteiger partial charge in [-0.2, -0.15) is 0 Å². The highest BCUT2D eigenvalue weighted by atomic mass is 35.5.